The van der Waals surface area contributed by atoms with E-state index in [1.807, 2.05) is 4.90 Å². The highest BCUT2D eigenvalue weighted by atomic mass is 16.5. The third-order valence-electron chi connectivity index (χ3n) is 4.16. The van der Waals surface area contributed by atoms with Crippen LogP contribution < -0.4 is 0 Å². The molecule has 20 heavy (non-hydrogen) atoms. The molecule has 1 atom stereocenters. The highest BCUT2D eigenvalue weighted by Gasteiger charge is 2.32. The van der Waals surface area contributed by atoms with Crippen molar-refractivity contribution >= 4 is 11.9 Å². The fraction of sp³-hybridized carbons (Fsp3) is 0.875. The van der Waals surface area contributed by atoms with E-state index >= 15 is 0 Å². The van der Waals surface area contributed by atoms with Crippen LogP contribution in [0.15, 0.2) is 0 Å². The van der Waals surface area contributed by atoms with Gasteiger partial charge in [-0.15, -0.1) is 0 Å². The molecule has 0 N–H and O–H groups in total. The summed E-state index contributed by atoms with van der Waals surface area (Å²) in [6, 6.07) is 0.0416. The van der Waals surface area contributed by atoms with Gasteiger partial charge in [-0.05, 0) is 32.1 Å². The Labute approximate surface area is 122 Å². The number of nitrogens with zero attached hydrogens (tertiary/aromatic N) is 1. The third-order valence-corrected chi connectivity index (χ3v) is 4.16. The average molecular weight is 283 g/mol. The van der Waals surface area contributed by atoms with Crippen LogP contribution in [0.25, 0.3) is 0 Å². The highest BCUT2D eigenvalue weighted by molar-refractivity contribution is 5.80. The van der Waals surface area contributed by atoms with Gasteiger partial charge in [-0.1, -0.05) is 26.7 Å². The van der Waals surface area contributed by atoms with E-state index in [-0.39, 0.29) is 23.8 Å². The van der Waals surface area contributed by atoms with Crippen LogP contribution in [0.5, 0.6) is 0 Å². The van der Waals surface area contributed by atoms with Crippen LogP contribution >= 0.6 is 0 Å². The van der Waals surface area contributed by atoms with E-state index in [0.29, 0.717) is 6.42 Å². The summed E-state index contributed by atoms with van der Waals surface area (Å²) in [5.74, 6) is 0.169. The van der Waals surface area contributed by atoms with Gasteiger partial charge in [0.1, 0.15) is 0 Å². The largest absolute Gasteiger partial charge is 0.469 e. The molecule has 0 radical (unpaired) electrons. The molecule has 0 aromatic rings. The maximum absolute atomic E-state index is 12.7. The van der Waals surface area contributed by atoms with Crippen molar-refractivity contribution in [3.8, 4) is 0 Å². The first kappa shape index (κ1) is 17.0. The van der Waals surface area contributed by atoms with E-state index in [4.69, 9.17) is 4.74 Å². The molecule has 116 valence electrons. The van der Waals surface area contributed by atoms with Crippen molar-refractivity contribution < 1.29 is 14.3 Å². The number of carbonyl (C=O) groups excluding carboxylic acids is 2. The first-order chi connectivity index (χ1) is 9.63. The number of ether oxygens (including phenoxy) is 1. The lowest BCUT2D eigenvalue weighted by atomic mass is 9.92. The molecule has 0 aromatic heterocycles. The molecule has 1 fully saturated rings. The summed E-state index contributed by atoms with van der Waals surface area (Å²) in [5, 5.41) is 0. The van der Waals surface area contributed by atoms with Crippen LogP contribution in [0.4, 0.5) is 0 Å². The number of piperidine rings is 1. The zero-order valence-corrected chi connectivity index (χ0v) is 13.2. The standard InChI is InChI=1S/C16H29NO3/c1-4-8-13(9-5-2)16(19)17-11-7-6-10-14(17)12-15(18)20-3/h13-14H,4-12H2,1-3H3. The average Bonchev–Trinajstić information content (AvgIpc) is 2.46. The van der Waals surface area contributed by atoms with Gasteiger partial charge in [-0.25, -0.2) is 0 Å². The Hall–Kier alpha value is -1.06. The van der Waals surface area contributed by atoms with E-state index in [1.165, 1.54) is 7.11 Å². The van der Waals surface area contributed by atoms with Crippen molar-refractivity contribution in [2.45, 2.75) is 71.3 Å². The molecule has 1 unspecified atom stereocenters. The summed E-state index contributed by atoms with van der Waals surface area (Å²) in [4.78, 5) is 26.2. The van der Waals surface area contributed by atoms with E-state index in [1.54, 1.807) is 0 Å². The Morgan fingerprint density at radius 3 is 2.40 bits per heavy atom. The summed E-state index contributed by atoms with van der Waals surface area (Å²) in [5.41, 5.74) is 0. The highest BCUT2D eigenvalue weighted by Crippen LogP contribution is 2.25. The number of amides is 1. The molecule has 0 saturated carbocycles. The monoisotopic (exact) mass is 283 g/mol. The normalized spacial score (nSPS) is 19.2. The molecule has 0 bridgehead atoms. The summed E-state index contributed by atoms with van der Waals surface area (Å²) in [6.45, 7) is 5.04. The Morgan fingerprint density at radius 2 is 1.85 bits per heavy atom. The number of hydrogen-bond acceptors (Lipinski definition) is 3. The molecular weight excluding hydrogens is 254 g/mol. The van der Waals surface area contributed by atoms with Crippen molar-refractivity contribution in [3.05, 3.63) is 0 Å². The molecular formula is C16H29NO3. The maximum atomic E-state index is 12.7. The first-order valence-electron chi connectivity index (χ1n) is 8.01. The van der Waals surface area contributed by atoms with Gasteiger partial charge in [0.15, 0.2) is 0 Å². The van der Waals surface area contributed by atoms with Gasteiger partial charge in [0.2, 0.25) is 5.91 Å². The fourth-order valence-corrected chi connectivity index (χ4v) is 3.10. The predicted molar refractivity (Wildman–Crippen MR) is 79.3 cm³/mol. The fourth-order valence-electron chi connectivity index (χ4n) is 3.10. The van der Waals surface area contributed by atoms with Gasteiger partial charge in [0, 0.05) is 18.5 Å². The molecule has 1 amide bonds. The summed E-state index contributed by atoms with van der Waals surface area (Å²) < 4.78 is 4.76. The first-order valence-corrected chi connectivity index (χ1v) is 8.01. The lowest BCUT2D eigenvalue weighted by Gasteiger charge is -2.37. The lowest BCUT2D eigenvalue weighted by molar-refractivity contribution is -0.146. The molecule has 4 nitrogen and oxygen atoms in total. The molecule has 1 aliphatic heterocycles. The Bertz CT molecular complexity index is 311. The van der Waals surface area contributed by atoms with Gasteiger partial charge >= 0.3 is 5.97 Å². The molecule has 0 spiro atoms. The molecule has 0 aliphatic carbocycles. The molecule has 0 aromatic carbocycles. The molecule has 4 heteroatoms. The van der Waals surface area contributed by atoms with Crippen LogP contribution in [-0.4, -0.2) is 36.5 Å². The maximum Gasteiger partial charge on any atom is 0.307 e. The minimum Gasteiger partial charge on any atom is -0.469 e. The number of carbonyl (C=O) groups is 2. The second-order valence-corrected chi connectivity index (χ2v) is 5.74. The van der Waals surface area contributed by atoms with Crippen molar-refractivity contribution in [1.29, 1.82) is 0 Å². The van der Waals surface area contributed by atoms with Gasteiger partial charge < -0.3 is 9.64 Å². The van der Waals surface area contributed by atoms with Gasteiger partial charge in [0.05, 0.1) is 13.5 Å². The third kappa shape index (κ3) is 4.80. The van der Waals surface area contributed by atoms with Crippen LogP contribution in [0, 0.1) is 5.92 Å². The zero-order chi connectivity index (χ0) is 15.0. The van der Waals surface area contributed by atoms with Crippen molar-refractivity contribution in [1.82, 2.24) is 4.90 Å². The number of esters is 1. The van der Waals surface area contributed by atoms with Gasteiger partial charge in [-0.3, -0.25) is 9.59 Å². The van der Waals surface area contributed by atoms with Gasteiger partial charge in [-0.2, -0.15) is 0 Å². The number of rotatable bonds is 7. The molecule has 1 saturated heterocycles. The second kappa shape index (κ2) is 8.98. The van der Waals surface area contributed by atoms with Crippen molar-refractivity contribution in [2.75, 3.05) is 13.7 Å². The van der Waals surface area contributed by atoms with Crippen LogP contribution in [0.1, 0.15) is 65.2 Å². The molecule has 1 heterocycles. The summed E-state index contributed by atoms with van der Waals surface area (Å²) >= 11 is 0. The quantitative estimate of drug-likeness (QED) is 0.674. The summed E-state index contributed by atoms with van der Waals surface area (Å²) in [6.07, 6.45) is 7.38. The van der Waals surface area contributed by atoms with E-state index < -0.39 is 0 Å². The minimum absolute atomic E-state index is 0.0416. The van der Waals surface area contributed by atoms with E-state index in [0.717, 1.165) is 51.5 Å². The minimum atomic E-state index is -0.211. The van der Waals surface area contributed by atoms with E-state index in [9.17, 15) is 9.59 Å². The smallest absolute Gasteiger partial charge is 0.307 e. The zero-order valence-electron chi connectivity index (χ0n) is 13.2. The number of likely N-dealkylation sites (tertiary alicyclic amines) is 1. The van der Waals surface area contributed by atoms with Crippen molar-refractivity contribution in [3.63, 3.8) is 0 Å². The summed E-state index contributed by atoms with van der Waals surface area (Å²) in [7, 11) is 1.41. The van der Waals surface area contributed by atoms with Crippen LogP contribution in [0.3, 0.4) is 0 Å². The Morgan fingerprint density at radius 1 is 1.20 bits per heavy atom. The van der Waals surface area contributed by atoms with E-state index in [2.05, 4.69) is 13.8 Å². The SMILES string of the molecule is CCCC(CCC)C(=O)N1CCCCC1CC(=O)OC. The Balaban J connectivity index is 2.71. The predicted octanol–water partition coefficient (Wildman–Crippen LogP) is 3.15. The Kier molecular flexibility index (Phi) is 7.63. The molecule has 1 rings (SSSR count). The second-order valence-electron chi connectivity index (χ2n) is 5.74. The lowest BCUT2D eigenvalue weighted by Crippen LogP contribution is -2.47. The van der Waals surface area contributed by atoms with Crippen LogP contribution in [0.2, 0.25) is 0 Å². The van der Waals surface area contributed by atoms with Crippen molar-refractivity contribution in [2.24, 2.45) is 5.92 Å². The van der Waals surface area contributed by atoms with Gasteiger partial charge in [0.25, 0.3) is 0 Å². The van der Waals surface area contributed by atoms with Crippen LogP contribution in [-0.2, 0) is 14.3 Å². The molecule has 1 aliphatic rings. The topological polar surface area (TPSA) is 46.6 Å². The number of methoxy groups -OCH3 is 1. The number of hydrogen-bond donors (Lipinski definition) is 0.